The van der Waals surface area contributed by atoms with E-state index >= 15 is 0 Å². The van der Waals surface area contributed by atoms with E-state index in [0.29, 0.717) is 18.4 Å². The molecule has 8 heteroatoms. The molecule has 0 aromatic carbocycles. The number of aryl methyl sites for hydroxylation is 1. The summed E-state index contributed by atoms with van der Waals surface area (Å²) in [5, 5.41) is 35.4. The molecule has 0 fully saturated rings. The normalized spacial score (nSPS) is 32.2. The standard InChI is InChI=1S/C27H41NO6S/c1-15-9-8-10-16(2)24(32)18(4)26(33)27(6,7)22(30)13-23(31)34-25(21(29)11-15)17(3)12-20-14-35-19(5)28-20/h11-12,14,16,18,21-22,24-25,29-30,32H,8-10,13H2,1-7H3/t16-,18+,21?,22-,24-,25+/m0/s1. The van der Waals surface area contributed by atoms with Crippen molar-refractivity contribution in [1.82, 2.24) is 4.98 Å². The molecule has 3 N–H and O–H groups in total. The van der Waals surface area contributed by atoms with E-state index < -0.39 is 48.1 Å². The number of hydrogen-bond donors (Lipinski definition) is 3. The monoisotopic (exact) mass is 507 g/mol. The molecule has 6 atom stereocenters. The topological polar surface area (TPSA) is 117 Å². The van der Waals surface area contributed by atoms with Crippen LogP contribution in [0.2, 0.25) is 0 Å². The molecule has 0 saturated carbocycles. The molecule has 0 amide bonds. The molecule has 1 aliphatic heterocycles. The Hall–Kier alpha value is -1.87. The molecular weight excluding hydrogens is 466 g/mol. The highest BCUT2D eigenvalue weighted by atomic mass is 32.1. The van der Waals surface area contributed by atoms with Gasteiger partial charge in [0.2, 0.25) is 0 Å². The number of carbonyl (C=O) groups excluding carboxylic acids is 2. The second-order valence-corrected chi connectivity index (χ2v) is 11.6. The van der Waals surface area contributed by atoms with Crippen LogP contribution in [0.3, 0.4) is 0 Å². The number of hydrogen-bond acceptors (Lipinski definition) is 8. The van der Waals surface area contributed by atoms with Gasteiger partial charge in [0.25, 0.3) is 0 Å². The quantitative estimate of drug-likeness (QED) is 0.405. The summed E-state index contributed by atoms with van der Waals surface area (Å²) in [6.45, 7) is 12.3. The van der Waals surface area contributed by atoms with E-state index in [1.165, 1.54) is 11.3 Å². The molecule has 0 spiro atoms. The molecule has 0 radical (unpaired) electrons. The lowest BCUT2D eigenvalue weighted by Crippen LogP contribution is -2.46. The van der Waals surface area contributed by atoms with Gasteiger partial charge >= 0.3 is 5.97 Å². The van der Waals surface area contributed by atoms with Gasteiger partial charge in [-0.25, -0.2) is 4.98 Å². The largest absolute Gasteiger partial charge is 0.455 e. The maximum Gasteiger partial charge on any atom is 0.309 e. The van der Waals surface area contributed by atoms with Crippen molar-refractivity contribution in [3.63, 3.8) is 0 Å². The molecule has 1 unspecified atom stereocenters. The summed E-state index contributed by atoms with van der Waals surface area (Å²) in [6.07, 6.45) is 1.05. The molecular formula is C27H41NO6S. The van der Waals surface area contributed by atoms with Crippen LogP contribution >= 0.6 is 11.3 Å². The lowest BCUT2D eigenvalue weighted by Gasteiger charge is -2.34. The number of allylic oxidation sites excluding steroid dienone is 1. The Labute approximate surface area is 212 Å². The number of carbonyl (C=O) groups is 2. The van der Waals surface area contributed by atoms with Gasteiger partial charge in [-0.15, -0.1) is 11.3 Å². The van der Waals surface area contributed by atoms with Gasteiger partial charge in [0.05, 0.1) is 34.7 Å². The van der Waals surface area contributed by atoms with Gasteiger partial charge in [-0.05, 0) is 57.6 Å². The van der Waals surface area contributed by atoms with E-state index in [1.54, 1.807) is 39.8 Å². The summed E-state index contributed by atoms with van der Waals surface area (Å²) in [5.74, 6) is -1.82. The van der Waals surface area contributed by atoms with Gasteiger partial charge in [0.15, 0.2) is 6.10 Å². The minimum absolute atomic E-state index is 0.114. The third-order valence-corrected chi connectivity index (χ3v) is 7.84. The second-order valence-electron chi connectivity index (χ2n) is 10.5. The molecule has 2 rings (SSSR count). The third-order valence-electron chi connectivity index (χ3n) is 7.05. The molecule has 0 aliphatic carbocycles. The molecule has 35 heavy (non-hydrogen) atoms. The highest BCUT2D eigenvalue weighted by Crippen LogP contribution is 2.32. The van der Waals surface area contributed by atoms with Crippen molar-refractivity contribution in [2.24, 2.45) is 17.3 Å². The van der Waals surface area contributed by atoms with Crippen LogP contribution in [0.5, 0.6) is 0 Å². The van der Waals surface area contributed by atoms with E-state index in [2.05, 4.69) is 4.98 Å². The fourth-order valence-electron chi connectivity index (χ4n) is 4.53. The van der Waals surface area contributed by atoms with Crippen molar-refractivity contribution >= 4 is 29.2 Å². The fourth-order valence-corrected chi connectivity index (χ4v) is 5.10. The molecule has 196 valence electrons. The predicted octanol–water partition coefficient (Wildman–Crippen LogP) is 4.24. The number of aliphatic hydroxyl groups excluding tert-OH is 3. The van der Waals surface area contributed by atoms with Gasteiger partial charge in [-0.2, -0.15) is 0 Å². The molecule has 1 aromatic rings. The summed E-state index contributed by atoms with van der Waals surface area (Å²) in [4.78, 5) is 30.5. The van der Waals surface area contributed by atoms with Crippen LogP contribution in [0.4, 0.5) is 0 Å². The van der Waals surface area contributed by atoms with Crippen LogP contribution < -0.4 is 0 Å². The van der Waals surface area contributed by atoms with Gasteiger partial charge < -0.3 is 20.1 Å². The minimum Gasteiger partial charge on any atom is -0.455 e. The highest BCUT2D eigenvalue weighted by Gasteiger charge is 2.42. The van der Waals surface area contributed by atoms with Crippen molar-refractivity contribution in [2.75, 3.05) is 0 Å². The maximum absolute atomic E-state index is 13.2. The number of nitrogens with zero attached hydrogens (tertiary/aromatic N) is 1. The number of ether oxygens (including phenoxy) is 1. The summed E-state index contributed by atoms with van der Waals surface area (Å²) in [5.41, 5.74) is 1.02. The second kappa shape index (κ2) is 12.4. The van der Waals surface area contributed by atoms with Crippen molar-refractivity contribution < 1.29 is 29.6 Å². The SMILES string of the molecule is CC1=CC(O)[C@@H](C(C)=Cc2csc(C)n2)OC(=O)C[C@H](O)C(C)(C)C(=O)[C@H](C)[C@@H](O)[C@@H](C)CCC1. The van der Waals surface area contributed by atoms with Crippen LogP contribution in [0.15, 0.2) is 22.6 Å². The molecule has 2 heterocycles. The van der Waals surface area contributed by atoms with E-state index in [-0.39, 0.29) is 11.7 Å². The number of aliphatic hydroxyl groups is 3. The molecule has 1 aromatic heterocycles. The number of rotatable bonds is 2. The van der Waals surface area contributed by atoms with Crippen molar-refractivity contribution in [3.05, 3.63) is 33.3 Å². The van der Waals surface area contributed by atoms with E-state index in [1.807, 2.05) is 26.2 Å². The van der Waals surface area contributed by atoms with E-state index in [9.17, 15) is 24.9 Å². The molecule has 0 bridgehead atoms. The molecule has 0 saturated heterocycles. The van der Waals surface area contributed by atoms with Gasteiger partial charge in [0.1, 0.15) is 11.9 Å². The Morgan fingerprint density at radius 2 is 1.86 bits per heavy atom. The Bertz CT molecular complexity index is 949. The van der Waals surface area contributed by atoms with Crippen molar-refractivity contribution in [2.45, 2.75) is 98.6 Å². The maximum atomic E-state index is 13.2. The van der Waals surface area contributed by atoms with Crippen LogP contribution in [0.1, 0.15) is 77.9 Å². The van der Waals surface area contributed by atoms with E-state index in [4.69, 9.17) is 4.74 Å². The lowest BCUT2D eigenvalue weighted by atomic mass is 9.73. The zero-order valence-corrected chi connectivity index (χ0v) is 22.8. The van der Waals surface area contributed by atoms with Crippen molar-refractivity contribution in [1.29, 1.82) is 0 Å². The smallest absolute Gasteiger partial charge is 0.309 e. The van der Waals surface area contributed by atoms with Crippen LogP contribution in [-0.4, -0.2) is 56.5 Å². The number of thiazole rings is 1. The average Bonchev–Trinajstić information content (AvgIpc) is 3.19. The van der Waals surface area contributed by atoms with E-state index in [0.717, 1.165) is 22.7 Å². The summed E-state index contributed by atoms with van der Waals surface area (Å²) >= 11 is 1.50. The molecule has 7 nitrogen and oxygen atoms in total. The first-order valence-electron chi connectivity index (χ1n) is 12.3. The average molecular weight is 508 g/mol. The van der Waals surface area contributed by atoms with Gasteiger partial charge in [-0.3, -0.25) is 9.59 Å². The Kier molecular flexibility index (Phi) is 10.4. The van der Waals surface area contributed by atoms with Crippen LogP contribution in [0.25, 0.3) is 6.08 Å². The predicted molar refractivity (Wildman–Crippen MR) is 138 cm³/mol. The summed E-state index contributed by atoms with van der Waals surface area (Å²) < 4.78 is 5.67. The summed E-state index contributed by atoms with van der Waals surface area (Å²) in [6, 6.07) is 0. The summed E-state index contributed by atoms with van der Waals surface area (Å²) in [7, 11) is 0. The van der Waals surface area contributed by atoms with Gasteiger partial charge in [-0.1, -0.05) is 39.3 Å². The first-order chi connectivity index (χ1) is 16.2. The Morgan fingerprint density at radius 1 is 1.20 bits per heavy atom. The number of ketones is 1. The Morgan fingerprint density at radius 3 is 2.46 bits per heavy atom. The first kappa shape index (κ1) is 29.4. The zero-order valence-electron chi connectivity index (χ0n) is 21.9. The molecule has 1 aliphatic rings. The number of esters is 1. The number of aromatic nitrogens is 1. The fraction of sp³-hybridized carbons (Fsp3) is 0.667. The first-order valence-corrected chi connectivity index (χ1v) is 13.2. The lowest BCUT2D eigenvalue weighted by molar-refractivity contribution is -0.157. The number of Topliss-reactive ketones (excluding diaryl/α,β-unsaturated/α-hetero) is 1. The van der Waals surface area contributed by atoms with Crippen molar-refractivity contribution in [3.8, 4) is 0 Å². The highest BCUT2D eigenvalue weighted by molar-refractivity contribution is 7.09. The number of cyclic esters (lactones) is 1. The zero-order chi connectivity index (χ0) is 26.5. The minimum atomic E-state index is -1.30. The Balaban J connectivity index is 2.40. The van der Waals surface area contributed by atoms with Crippen LogP contribution in [-0.2, 0) is 14.3 Å². The van der Waals surface area contributed by atoms with Crippen LogP contribution in [0, 0.1) is 24.2 Å². The van der Waals surface area contributed by atoms with Gasteiger partial charge in [0, 0.05) is 11.3 Å². The third kappa shape index (κ3) is 7.81.